The molecule has 0 radical (unpaired) electrons. The number of nitrogens with one attached hydrogen (secondary N) is 2. The highest BCUT2D eigenvalue weighted by atomic mass is 19.4. The number of carbonyl (C=O) groups is 1. The number of fused-ring (bicyclic) bond motifs is 1. The zero-order chi connectivity index (χ0) is 29.9. The Morgan fingerprint density at radius 1 is 1.10 bits per heavy atom. The largest absolute Gasteiger partial charge is 0.504 e. The summed E-state index contributed by atoms with van der Waals surface area (Å²) in [6, 6.07) is 8.62. The summed E-state index contributed by atoms with van der Waals surface area (Å²) < 4.78 is 101. The van der Waals surface area contributed by atoms with Crippen LogP contribution in [-0.2, 0) is 0 Å². The normalized spacial score (nSPS) is 12.4. The Morgan fingerprint density at radius 3 is 2.41 bits per heavy atom. The van der Waals surface area contributed by atoms with Gasteiger partial charge in [0.2, 0.25) is 0 Å². The fourth-order valence-corrected chi connectivity index (χ4v) is 4.08. The first kappa shape index (κ1) is 29.4. The number of nitrogens with zero attached hydrogens (tertiary/aromatic N) is 2. The van der Waals surface area contributed by atoms with Crippen molar-refractivity contribution >= 4 is 22.5 Å². The van der Waals surface area contributed by atoms with E-state index in [-0.39, 0.29) is 33.5 Å². The van der Waals surface area contributed by atoms with Crippen molar-refractivity contribution < 1.29 is 45.4 Å². The lowest BCUT2D eigenvalue weighted by Gasteiger charge is -2.22. The van der Waals surface area contributed by atoms with Gasteiger partial charge < -0.3 is 20.5 Å². The summed E-state index contributed by atoms with van der Waals surface area (Å²) in [5, 5.41) is 14.9. The Morgan fingerprint density at radius 2 is 1.80 bits per heavy atom. The molecule has 41 heavy (non-hydrogen) atoms. The molecule has 14 heteroatoms. The van der Waals surface area contributed by atoms with Crippen LogP contribution < -0.4 is 15.4 Å². The van der Waals surface area contributed by atoms with Gasteiger partial charge in [0.05, 0.1) is 18.5 Å². The molecule has 0 aliphatic rings. The van der Waals surface area contributed by atoms with E-state index in [1.807, 2.05) is 0 Å². The number of aromatic hydroxyl groups is 1. The van der Waals surface area contributed by atoms with Crippen molar-refractivity contribution in [2.24, 2.45) is 0 Å². The van der Waals surface area contributed by atoms with E-state index in [9.17, 15) is 40.6 Å². The summed E-state index contributed by atoms with van der Waals surface area (Å²) in [7, 11) is 1.25. The lowest BCUT2D eigenvalue weighted by molar-refractivity contribution is -0.149. The monoisotopic (exact) mass is 582 g/mol. The number of hydrogen-bond acceptors (Lipinski definition) is 6. The molecule has 4 rings (SSSR count). The van der Waals surface area contributed by atoms with Crippen LogP contribution in [0.5, 0.6) is 11.5 Å². The molecule has 2 aromatic heterocycles. The standard InChI is InChI=1S/C27H21F7N4O3/c1-41-21-8-15(6-14-7-16(25(30)31)10-35-22(14)21)26(40)36-11-18(27(32,33)34)19-9-20(37-12-28)24(39)23(38-19)13-2-4-17(29)5-3-13/h2-10,18,25,39H,11-12H2,1H3,(H,36,40)(H,37,38). The topological polar surface area (TPSA) is 96.4 Å². The number of halogens is 7. The van der Waals surface area contributed by atoms with Crippen molar-refractivity contribution in [3.63, 3.8) is 0 Å². The summed E-state index contributed by atoms with van der Waals surface area (Å²) in [5.41, 5.74) is -1.85. The van der Waals surface area contributed by atoms with Crippen molar-refractivity contribution in [1.29, 1.82) is 0 Å². The summed E-state index contributed by atoms with van der Waals surface area (Å²) in [4.78, 5) is 20.8. The molecular formula is C27H21F7N4O3. The quantitative estimate of drug-likeness (QED) is 0.154. The van der Waals surface area contributed by atoms with E-state index in [0.717, 1.165) is 30.5 Å². The zero-order valence-corrected chi connectivity index (χ0v) is 21.1. The molecule has 216 valence electrons. The van der Waals surface area contributed by atoms with E-state index in [1.165, 1.54) is 31.4 Å². The molecule has 2 aromatic carbocycles. The Balaban J connectivity index is 1.69. The van der Waals surface area contributed by atoms with Crippen molar-refractivity contribution in [2.45, 2.75) is 18.5 Å². The van der Waals surface area contributed by atoms with Crippen LogP contribution in [0.4, 0.5) is 36.4 Å². The van der Waals surface area contributed by atoms with Gasteiger partial charge in [-0.2, -0.15) is 13.2 Å². The van der Waals surface area contributed by atoms with Gasteiger partial charge in [0, 0.05) is 34.8 Å². The molecule has 0 aliphatic heterocycles. The lowest BCUT2D eigenvalue weighted by Crippen LogP contribution is -2.35. The summed E-state index contributed by atoms with van der Waals surface area (Å²) in [6.45, 7) is -2.27. The highest BCUT2D eigenvalue weighted by Gasteiger charge is 2.42. The van der Waals surface area contributed by atoms with Gasteiger partial charge >= 0.3 is 6.18 Å². The molecule has 1 amide bonds. The number of methoxy groups -OCH3 is 1. The number of pyridine rings is 2. The predicted molar refractivity (Wildman–Crippen MR) is 135 cm³/mol. The van der Waals surface area contributed by atoms with Crippen molar-refractivity contribution in [3.05, 3.63) is 77.4 Å². The van der Waals surface area contributed by atoms with Gasteiger partial charge in [-0.25, -0.2) is 22.5 Å². The first-order valence-electron chi connectivity index (χ1n) is 11.8. The second kappa shape index (κ2) is 11.9. The Kier molecular flexibility index (Phi) is 8.49. The minimum Gasteiger partial charge on any atom is -0.504 e. The fraction of sp³-hybridized carbons (Fsp3) is 0.222. The van der Waals surface area contributed by atoms with Crippen molar-refractivity contribution in [1.82, 2.24) is 15.3 Å². The molecule has 1 atom stereocenters. The number of anilines is 1. The second-order valence-corrected chi connectivity index (χ2v) is 8.73. The molecule has 3 N–H and O–H groups in total. The number of amides is 1. The highest BCUT2D eigenvalue weighted by Crippen LogP contribution is 2.40. The number of hydrogen-bond donors (Lipinski definition) is 3. The molecule has 0 spiro atoms. The lowest BCUT2D eigenvalue weighted by atomic mass is 10.0. The molecule has 0 fully saturated rings. The molecule has 0 aliphatic carbocycles. The minimum absolute atomic E-state index is 0.0342. The van der Waals surface area contributed by atoms with E-state index in [4.69, 9.17) is 4.74 Å². The first-order valence-corrected chi connectivity index (χ1v) is 11.8. The SMILES string of the molecule is COc1cc(C(=O)NCC(c2cc(NCF)c(O)c(-c3ccc(F)cc3)n2)C(F)(F)F)cc2cc(C(F)F)cnc12. The van der Waals surface area contributed by atoms with E-state index in [0.29, 0.717) is 0 Å². The van der Waals surface area contributed by atoms with E-state index >= 15 is 0 Å². The average molecular weight is 582 g/mol. The van der Waals surface area contributed by atoms with Crippen molar-refractivity contribution in [2.75, 3.05) is 25.8 Å². The molecular weight excluding hydrogens is 561 g/mol. The Bertz CT molecular complexity index is 1560. The average Bonchev–Trinajstić information content (AvgIpc) is 2.93. The van der Waals surface area contributed by atoms with Gasteiger partial charge in [-0.1, -0.05) is 0 Å². The zero-order valence-electron chi connectivity index (χ0n) is 21.1. The fourth-order valence-electron chi connectivity index (χ4n) is 4.08. The summed E-state index contributed by atoms with van der Waals surface area (Å²) >= 11 is 0. The number of ether oxygens (including phenoxy) is 1. The van der Waals surface area contributed by atoms with E-state index in [1.54, 1.807) is 0 Å². The van der Waals surface area contributed by atoms with Crippen LogP contribution >= 0.6 is 0 Å². The van der Waals surface area contributed by atoms with Crippen LogP contribution in [0.25, 0.3) is 22.2 Å². The third-order valence-corrected chi connectivity index (χ3v) is 6.11. The molecule has 4 aromatic rings. The molecule has 0 saturated heterocycles. The van der Waals surface area contributed by atoms with Gasteiger partial charge in [0.25, 0.3) is 12.3 Å². The van der Waals surface area contributed by atoms with Crippen LogP contribution in [-0.4, -0.2) is 47.6 Å². The Hall–Kier alpha value is -4.62. The smallest absolute Gasteiger partial charge is 0.398 e. The molecule has 2 heterocycles. The highest BCUT2D eigenvalue weighted by molar-refractivity contribution is 6.00. The minimum atomic E-state index is -4.97. The molecule has 1 unspecified atom stereocenters. The van der Waals surface area contributed by atoms with Gasteiger partial charge in [0.1, 0.15) is 28.7 Å². The van der Waals surface area contributed by atoms with Crippen LogP contribution in [0.1, 0.15) is 34.0 Å². The Labute approximate surface area is 228 Å². The second-order valence-electron chi connectivity index (χ2n) is 8.73. The number of rotatable bonds is 9. The summed E-state index contributed by atoms with van der Waals surface area (Å²) in [5.74, 6) is -4.69. The molecule has 0 saturated carbocycles. The van der Waals surface area contributed by atoms with E-state index < -0.39 is 66.3 Å². The number of aromatic nitrogens is 2. The molecule has 0 bridgehead atoms. The van der Waals surface area contributed by atoms with Crippen LogP contribution in [0.2, 0.25) is 0 Å². The van der Waals surface area contributed by atoms with Crippen molar-refractivity contribution in [3.8, 4) is 22.8 Å². The van der Waals surface area contributed by atoms with Crippen LogP contribution in [0, 0.1) is 5.82 Å². The third-order valence-electron chi connectivity index (χ3n) is 6.11. The number of carbonyl (C=O) groups excluding carboxylic acids is 1. The first-order chi connectivity index (χ1) is 19.4. The van der Waals surface area contributed by atoms with Gasteiger partial charge in [0.15, 0.2) is 12.5 Å². The predicted octanol–water partition coefficient (Wildman–Crippen LogP) is 6.50. The van der Waals surface area contributed by atoms with Gasteiger partial charge in [-0.15, -0.1) is 0 Å². The molecule has 7 nitrogen and oxygen atoms in total. The van der Waals surface area contributed by atoms with Crippen LogP contribution in [0.15, 0.2) is 54.7 Å². The number of benzene rings is 2. The van der Waals surface area contributed by atoms with Gasteiger partial charge in [-0.05, 0) is 48.5 Å². The summed E-state index contributed by atoms with van der Waals surface area (Å²) in [6.07, 6.45) is -6.88. The number of alkyl halides is 6. The maximum absolute atomic E-state index is 14.2. The van der Waals surface area contributed by atoms with Crippen LogP contribution in [0.3, 0.4) is 0 Å². The maximum atomic E-state index is 14.2. The van der Waals surface area contributed by atoms with E-state index in [2.05, 4.69) is 20.6 Å². The van der Waals surface area contributed by atoms with Gasteiger partial charge in [-0.3, -0.25) is 9.78 Å². The third kappa shape index (κ3) is 6.42. The maximum Gasteiger partial charge on any atom is 0.398 e.